The zero-order valence-electron chi connectivity index (χ0n) is 20.0. The maximum absolute atomic E-state index is 12.6. The number of carbonyl (C=O) groups is 2. The predicted molar refractivity (Wildman–Crippen MR) is 128 cm³/mol. The molecule has 1 saturated carbocycles. The number of fused-ring (bicyclic) bond motifs is 1. The summed E-state index contributed by atoms with van der Waals surface area (Å²) in [5.74, 6) is 1.10. The van der Waals surface area contributed by atoms with Crippen LogP contribution in [0, 0.1) is 18.8 Å². The SMILES string of the molecule is CCCCOc1cc(C)c2c(c1)N(CCCCCCCC1CCC(C(=O)O)CC1)C(=O)C2. The Labute approximate surface area is 193 Å². The Morgan fingerprint density at radius 2 is 1.78 bits per heavy atom. The van der Waals surface area contributed by atoms with E-state index < -0.39 is 5.97 Å². The van der Waals surface area contributed by atoms with Crippen molar-refractivity contribution in [1.82, 2.24) is 0 Å². The third-order valence-electron chi connectivity index (χ3n) is 7.30. The van der Waals surface area contributed by atoms with Gasteiger partial charge < -0.3 is 14.7 Å². The van der Waals surface area contributed by atoms with Gasteiger partial charge in [0.15, 0.2) is 0 Å². The number of carboxylic acid groups (broad SMARTS) is 1. The Kier molecular flexibility index (Phi) is 9.43. The van der Waals surface area contributed by atoms with Gasteiger partial charge in [-0.25, -0.2) is 0 Å². The van der Waals surface area contributed by atoms with E-state index in [0.29, 0.717) is 6.42 Å². The number of aryl methyl sites for hydroxylation is 1. The number of hydrogen-bond acceptors (Lipinski definition) is 3. The van der Waals surface area contributed by atoms with Gasteiger partial charge in [0.1, 0.15) is 5.75 Å². The van der Waals surface area contributed by atoms with Crippen LogP contribution in [0.3, 0.4) is 0 Å². The number of amides is 1. The second-order valence-corrected chi connectivity index (χ2v) is 9.77. The molecule has 1 aromatic carbocycles. The first-order valence-electron chi connectivity index (χ1n) is 12.8. The molecular formula is C27H41NO4. The second-order valence-electron chi connectivity index (χ2n) is 9.77. The Morgan fingerprint density at radius 1 is 1.06 bits per heavy atom. The van der Waals surface area contributed by atoms with Crippen LogP contribution in [-0.4, -0.2) is 30.1 Å². The van der Waals surface area contributed by atoms with Crippen molar-refractivity contribution in [3.63, 3.8) is 0 Å². The highest BCUT2D eigenvalue weighted by atomic mass is 16.5. The number of ether oxygens (including phenoxy) is 1. The van der Waals surface area contributed by atoms with Crippen LogP contribution in [-0.2, 0) is 16.0 Å². The third kappa shape index (κ3) is 6.73. The molecule has 0 unspecified atom stereocenters. The standard InChI is InChI=1S/C27H41NO4/c1-3-4-16-32-23-17-20(2)24-19-26(29)28(25(24)18-23)15-9-7-5-6-8-10-21-11-13-22(14-12-21)27(30)31/h17-18,21-22H,3-16,19H2,1-2H3,(H,30,31). The number of aliphatic carboxylic acids is 1. The summed E-state index contributed by atoms with van der Waals surface area (Å²) in [5, 5.41) is 9.11. The van der Waals surface area contributed by atoms with E-state index in [1.165, 1.54) is 25.7 Å². The van der Waals surface area contributed by atoms with Gasteiger partial charge in [-0.1, -0.05) is 45.4 Å². The molecule has 178 valence electrons. The van der Waals surface area contributed by atoms with Crippen LogP contribution in [0.2, 0.25) is 0 Å². The van der Waals surface area contributed by atoms with Crippen LogP contribution in [0.25, 0.3) is 0 Å². The van der Waals surface area contributed by atoms with E-state index >= 15 is 0 Å². The lowest BCUT2D eigenvalue weighted by Crippen LogP contribution is -2.27. The number of hydrogen-bond donors (Lipinski definition) is 1. The largest absolute Gasteiger partial charge is 0.494 e. The van der Waals surface area contributed by atoms with Gasteiger partial charge in [-0.15, -0.1) is 0 Å². The molecule has 32 heavy (non-hydrogen) atoms. The van der Waals surface area contributed by atoms with E-state index in [4.69, 9.17) is 9.84 Å². The highest BCUT2D eigenvalue weighted by Crippen LogP contribution is 2.36. The van der Waals surface area contributed by atoms with Crippen LogP contribution in [0.1, 0.15) is 95.1 Å². The van der Waals surface area contributed by atoms with Gasteiger partial charge in [-0.3, -0.25) is 9.59 Å². The van der Waals surface area contributed by atoms with E-state index in [1.807, 2.05) is 4.90 Å². The van der Waals surface area contributed by atoms with Gasteiger partial charge in [0.05, 0.1) is 24.6 Å². The molecule has 3 rings (SSSR count). The normalized spacial score (nSPS) is 20.4. The number of carbonyl (C=O) groups excluding carboxylic acids is 1. The van der Waals surface area contributed by atoms with Crippen molar-refractivity contribution in [3.8, 4) is 5.75 Å². The highest BCUT2D eigenvalue weighted by Gasteiger charge is 2.29. The van der Waals surface area contributed by atoms with Crippen molar-refractivity contribution < 1.29 is 19.4 Å². The molecule has 1 N–H and O–H groups in total. The molecule has 2 aliphatic rings. The Hall–Kier alpha value is -2.04. The van der Waals surface area contributed by atoms with Crippen LogP contribution >= 0.6 is 0 Å². The first kappa shape index (κ1) is 24.6. The van der Waals surface area contributed by atoms with Gasteiger partial charge in [0.25, 0.3) is 0 Å². The minimum absolute atomic E-state index is 0.104. The minimum atomic E-state index is -0.613. The number of carboxylic acids is 1. The Balaban J connectivity index is 1.35. The van der Waals surface area contributed by atoms with Gasteiger partial charge >= 0.3 is 5.97 Å². The van der Waals surface area contributed by atoms with Gasteiger partial charge in [0, 0.05) is 12.6 Å². The van der Waals surface area contributed by atoms with Crippen LogP contribution in [0.4, 0.5) is 5.69 Å². The fourth-order valence-electron chi connectivity index (χ4n) is 5.21. The summed E-state index contributed by atoms with van der Waals surface area (Å²) < 4.78 is 5.91. The van der Waals surface area contributed by atoms with Crippen LogP contribution in [0.5, 0.6) is 5.75 Å². The lowest BCUT2D eigenvalue weighted by Gasteiger charge is -2.25. The summed E-state index contributed by atoms with van der Waals surface area (Å²) in [5.41, 5.74) is 3.37. The average Bonchev–Trinajstić information content (AvgIpc) is 3.09. The zero-order valence-corrected chi connectivity index (χ0v) is 20.0. The summed E-state index contributed by atoms with van der Waals surface area (Å²) in [7, 11) is 0. The lowest BCUT2D eigenvalue weighted by molar-refractivity contribution is -0.143. The number of anilines is 1. The summed E-state index contributed by atoms with van der Waals surface area (Å²) in [6.45, 7) is 5.76. The highest BCUT2D eigenvalue weighted by molar-refractivity contribution is 6.02. The van der Waals surface area contributed by atoms with E-state index in [9.17, 15) is 9.59 Å². The maximum Gasteiger partial charge on any atom is 0.306 e. The smallest absolute Gasteiger partial charge is 0.306 e. The van der Waals surface area contributed by atoms with Gasteiger partial charge in [0.2, 0.25) is 5.91 Å². The number of nitrogens with zero attached hydrogens (tertiary/aromatic N) is 1. The van der Waals surface area contributed by atoms with Crippen molar-refractivity contribution in [2.45, 2.75) is 97.3 Å². The van der Waals surface area contributed by atoms with Crippen molar-refractivity contribution in [2.24, 2.45) is 11.8 Å². The van der Waals surface area contributed by atoms with E-state index in [0.717, 1.165) is 93.0 Å². The van der Waals surface area contributed by atoms with Crippen LogP contribution in [0.15, 0.2) is 12.1 Å². The fourth-order valence-corrected chi connectivity index (χ4v) is 5.21. The second kappa shape index (κ2) is 12.3. The molecular weight excluding hydrogens is 402 g/mol. The summed E-state index contributed by atoms with van der Waals surface area (Å²) in [4.78, 5) is 25.6. The van der Waals surface area contributed by atoms with E-state index in [1.54, 1.807) is 0 Å². The zero-order chi connectivity index (χ0) is 22.9. The van der Waals surface area contributed by atoms with Crippen molar-refractivity contribution >= 4 is 17.6 Å². The number of rotatable bonds is 13. The lowest BCUT2D eigenvalue weighted by atomic mass is 9.80. The summed E-state index contributed by atoms with van der Waals surface area (Å²) in [6, 6.07) is 4.13. The fraction of sp³-hybridized carbons (Fsp3) is 0.704. The molecule has 0 atom stereocenters. The molecule has 0 aromatic heterocycles. The average molecular weight is 444 g/mol. The first-order valence-corrected chi connectivity index (χ1v) is 12.8. The molecule has 0 saturated heterocycles. The topological polar surface area (TPSA) is 66.8 Å². The van der Waals surface area contributed by atoms with Gasteiger partial charge in [-0.2, -0.15) is 0 Å². The third-order valence-corrected chi connectivity index (χ3v) is 7.30. The molecule has 1 heterocycles. The molecule has 5 nitrogen and oxygen atoms in total. The Bertz CT molecular complexity index is 767. The van der Waals surface area contributed by atoms with E-state index in [2.05, 4.69) is 26.0 Å². The molecule has 0 spiro atoms. The Morgan fingerprint density at radius 3 is 2.50 bits per heavy atom. The molecule has 5 heteroatoms. The maximum atomic E-state index is 12.6. The quantitative estimate of drug-likeness (QED) is 0.364. The molecule has 1 aromatic rings. The number of unbranched alkanes of at least 4 members (excludes halogenated alkanes) is 5. The summed E-state index contributed by atoms with van der Waals surface area (Å²) >= 11 is 0. The minimum Gasteiger partial charge on any atom is -0.494 e. The molecule has 1 amide bonds. The van der Waals surface area contributed by atoms with Crippen molar-refractivity contribution in [3.05, 3.63) is 23.3 Å². The molecule has 0 bridgehead atoms. The molecule has 0 radical (unpaired) electrons. The first-order chi connectivity index (χ1) is 15.5. The molecule has 1 aliphatic heterocycles. The van der Waals surface area contributed by atoms with E-state index in [-0.39, 0.29) is 11.8 Å². The van der Waals surface area contributed by atoms with Crippen molar-refractivity contribution in [1.29, 1.82) is 0 Å². The molecule has 1 aliphatic carbocycles. The van der Waals surface area contributed by atoms with Crippen LogP contribution < -0.4 is 9.64 Å². The molecule has 1 fully saturated rings. The van der Waals surface area contributed by atoms with Gasteiger partial charge in [-0.05, 0) is 68.6 Å². The summed E-state index contributed by atoms with van der Waals surface area (Å²) in [6.07, 6.45) is 13.7. The van der Waals surface area contributed by atoms with Crippen molar-refractivity contribution in [2.75, 3.05) is 18.1 Å². The predicted octanol–water partition coefficient (Wildman–Crippen LogP) is 6.29. The number of benzene rings is 1. The monoisotopic (exact) mass is 443 g/mol.